The predicted molar refractivity (Wildman–Crippen MR) is 125 cm³/mol. The maximum absolute atomic E-state index is 13.0. The lowest BCUT2D eigenvalue weighted by Gasteiger charge is -2.35. The molecule has 1 saturated heterocycles. The van der Waals surface area contributed by atoms with Crippen molar-refractivity contribution in [2.75, 3.05) is 26.7 Å². The van der Waals surface area contributed by atoms with E-state index in [-0.39, 0.29) is 17.9 Å². The summed E-state index contributed by atoms with van der Waals surface area (Å²) in [4.78, 5) is 28.8. The summed E-state index contributed by atoms with van der Waals surface area (Å²) in [6.07, 6.45) is 1.60. The highest BCUT2D eigenvalue weighted by atomic mass is 16.6. The molecule has 0 unspecified atom stereocenters. The zero-order valence-electron chi connectivity index (χ0n) is 19.5. The highest BCUT2D eigenvalue weighted by Crippen LogP contribution is 2.21. The number of para-hydroxylation sites is 1. The lowest BCUT2D eigenvalue weighted by atomic mass is 9.97. The van der Waals surface area contributed by atoms with Crippen LogP contribution in [0.3, 0.4) is 0 Å². The second-order valence-corrected chi connectivity index (χ2v) is 9.42. The molecule has 0 bridgehead atoms. The quantitative estimate of drug-likeness (QED) is 0.638. The summed E-state index contributed by atoms with van der Waals surface area (Å²) in [5, 5.41) is 0. The van der Waals surface area contributed by atoms with Gasteiger partial charge in [0.25, 0.3) is 5.91 Å². The lowest BCUT2D eigenvalue weighted by Crippen LogP contribution is -2.45. The standard InChI is InChI=1S/C26H34N2O4/c1-26(2,3)32-25(30)27(4)17-21-9-8-16-28(18-21)24(29)22-14-12-20(13-15-22)19-31-23-10-6-5-7-11-23/h5-7,10-15,21H,8-9,16-19H2,1-4H3/t21-/m0/s1. The molecule has 1 heterocycles. The van der Waals surface area contributed by atoms with E-state index in [1.165, 1.54) is 0 Å². The molecule has 2 aromatic rings. The topological polar surface area (TPSA) is 59.1 Å². The Bertz CT molecular complexity index is 890. The van der Waals surface area contributed by atoms with Gasteiger partial charge in [-0.25, -0.2) is 4.79 Å². The molecular formula is C26H34N2O4. The summed E-state index contributed by atoms with van der Waals surface area (Å²) in [5.74, 6) is 1.09. The lowest BCUT2D eigenvalue weighted by molar-refractivity contribution is 0.0244. The Kier molecular flexibility index (Phi) is 7.78. The summed E-state index contributed by atoms with van der Waals surface area (Å²) >= 11 is 0. The Morgan fingerprint density at radius 2 is 1.75 bits per heavy atom. The minimum atomic E-state index is -0.516. The summed E-state index contributed by atoms with van der Waals surface area (Å²) < 4.78 is 11.2. The molecule has 172 valence electrons. The number of amides is 2. The Morgan fingerprint density at radius 1 is 1.06 bits per heavy atom. The normalized spacial score (nSPS) is 16.4. The number of nitrogens with zero attached hydrogens (tertiary/aromatic N) is 2. The molecule has 32 heavy (non-hydrogen) atoms. The van der Waals surface area contributed by atoms with Gasteiger partial charge in [-0.15, -0.1) is 0 Å². The third-order valence-corrected chi connectivity index (χ3v) is 5.39. The molecule has 2 aromatic carbocycles. The molecule has 0 aliphatic carbocycles. The van der Waals surface area contributed by atoms with Gasteiger partial charge in [0.15, 0.2) is 0 Å². The molecule has 2 amide bonds. The van der Waals surface area contributed by atoms with Gasteiger partial charge in [-0.3, -0.25) is 4.79 Å². The average molecular weight is 439 g/mol. The second-order valence-electron chi connectivity index (χ2n) is 9.42. The Morgan fingerprint density at radius 3 is 2.41 bits per heavy atom. The van der Waals surface area contributed by atoms with Gasteiger partial charge in [-0.2, -0.15) is 0 Å². The molecule has 0 aromatic heterocycles. The molecule has 0 saturated carbocycles. The number of carbonyl (C=O) groups excluding carboxylic acids is 2. The van der Waals surface area contributed by atoms with Crippen molar-refractivity contribution >= 4 is 12.0 Å². The number of hydrogen-bond donors (Lipinski definition) is 0. The number of benzene rings is 2. The summed E-state index contributed by atoms with van der Waals surface area (Å²) in [5.41, 5.74) is 1.17. The zero-order chi connectivity index (χ0) is 23.1. The van der Waals surface area contributed by atoms with Gasteiger partial charge in [-0.1, -0.05) is 30.3 Å². The fourth-order valence-electron chi connectivity index (χ4n) is 3.81. The summed E-state index contributed by atoms with van der Waals surface area (Å²) in [6.45, 7) is 8.00. The van der Waals surface area contributed by atoms with Crippen LogP contribution in [-0.4, -0.2) is 54.1 Å². The number of ether oxygens (including phenoxy) is 2. The van der Waals surface area contributed by atoms with Crippen LogP contribution < -0.4 is 4.74 Å². The molecule has 0 radical (unpaired) electrons. The Balaban J connectivity index is 1.52. The number of carbonyl (C=O) groups is 2. The first-order chi connectivity index (χ1) is 15.2. The van der Waals surface area contributed by atoms with Crippen LogP contribution in [0.2, 0.25) is 0 Å². The van der Waals surface area contributed by atoms with E-state index in [0.29, 0.717) is 25.3 Å². The largest absolute Gasteiger partial charge is 0.489 e. The molecule has 1 aliphatic heterocycles. The van der Waals surface area contributed by atoms with Gasteiger partial charge < -0.3 is 19.3 Å². The number of piperidine rings is 1. The van der Waals surface area contributed by atoms with E-state index in [9.17, 15) is 9.59 Å². The van der Waals surface area contributed by atoms with Crippen molar-refractivity contribution in [3.63, 3.8) is 0 Å². The molecule has 1 aliphatic rings. The molecule has 6 nitrogen and oxygen atoms in total. The first kappa shape index (κ1) is 23.6. The Hall–Kier alpha value is -3.02. The first-order valence-electron chi connectivity index (χ1n) is 11.2. The highest BCUT2D eigenvalue weighted by molar-refractivity contribution is 5.94. The van der Waals surface area contributed by atoms with Gasteiger partial charge in [0, 0.05) is 32.2 Å². The molecule has 0 N–H and O–H groups in total. The maximum Gasteiger partial charge on any atom is 0.410 e. The van der Waals surface area contributed by atoms with Crippen LogP contribution in [-0.2, 0) is 11.3 Å². The van der Waals surface area contributed by atoms with Crippen molar-refractivity contribution in [1.82, 2.24) is 9.80 Å². The van der Waals surface area contributed by atoms with E-state index >= 15 is 0 Å². The van der Waals surface area contributed by atoms with Crippen LogP contribution in [0, 0.1) is 5.92 Å². The molecule has 1 fully saturated rings. The van der Waals surface area contributed by atoms with Crippen LogP contribution in [0.4, 0.5) is 4.79 Å². The third kappa shape index (κ3) is 7.01. The van der Waals surface area contributed by atoms with Crippen molar-refractivity contribution in [3.8, 4) is 5.75 Å². The van der Waals surface area contributed by atoms with E-state index < -0.39 is 5.60 Å². The van der Waals surface area contributed by atoms with Crippen LogP contribution in [0.25, 0.3) is 0 Å². The minimum Gasteiger partial charge on any atom is -0.489 e. The maximum atomic E-state index is 13.0. The van der Waals surface area contributed by atoms with Crippen molar-refractivity contribution < 1.29 is 19.1 Å². The van der Waals surface area contributed by atoms with Crippen LogP contribution in [0.5, 0.6) is 5.75 Å². The minimum absolute atomic E-state index is 0.0325. The molecule has 6 heteroatoms. The average Bonchev–Trinajstić information content (AvgIpc) is 2.77. The molecule has 0 spiro atoms. The summed E-state index contributed by atoms with van der Waals surface area (Å²) in [7, 11) is 1.76. The molecule has 3 rings (SSSR count). The van der Waals surface area contributed by atoms with Gasteiger partial charge in [-0.05, 0) is 69.4 Å². The number of hydrogen-bond acceptors (Lipinski definition) is 4. The van der Waals surface area contributed by atoms with Gasteiger partial charge in [0.1, 0.15) is 18.0 Å². The summed E-state index contributed by atoms with van der Waals surface area (Å²) in [6, 6.07) is 17.3. The van der Waals surface area contributed by atoms with Crippen molar-refractivity contribution in [2.45, 2.75) is 45.8 Å². The molecular weight excluding hydrogens is 404 g/mol. The van der Waals surface area contributed by atoms with Gasteiger partial charge in [0.05, 0.1) is 0 Å². The van der Waals surface area contributed by atoms with Crippen molar-refractivity contribution in [1.29, 1.82) is 0 Å². The second kappa shape index (κ2) is 10.5. The van der Waals surface area contributed by atoms with Gasteiger partial charge in [0.2, 0.25) is 0 Å². The SMILES string of the molecule is CN(C[C@@H]1CCCN(C(=O)c2ccc(COc3ccccc3)cc2)C1)C(=O)OC(C)(C)C. The van der Waals surface area contributed by atoms with Gasteiger partial charge >= 0.3 is 6.09 Å². The number of likely N-dealkylation sites (tertiary alicyclic amines) is 1. The number of rotatable bonds is 6. The van der Waals surface area contributed by atoms with Crippen LogP contribution in [0.1, 0.15) is 49.5 Å². The Labute approximate surface area is 191 Å². The molecule has 1 atom stereocenters. The zero-order valence-corrected chi connectivity index (χ0v) is 19.5. The van der Waals surface area contributed by atoms with Crippen LogP contribution in [0.15, 0.2) is 54.6 Å². The van der Waals surface area contributed by atoms with E-state index in [4.69, 9.17) is 9.47 Å². The fraction of sp³-hybridized carbons (Fsp3) is 0.462. The van der Waals surface area contributed by atoms with E-state index in [1.807, 2.05) is 80.3 Å². The van der Waals surface area contributed by atoms with E-state index in [2.05, 4.69) is 0 Å². The monoisotopic (exact) mass is 438 g/mol. The van der Waals surface area contributed by atoms with Crippen LogP contribution >= 0.6 is 0 Å². The smallest absolute Gasteiger partial charge is 0.410 e. The first-order valence-corrected chi connectivity index (χ1v) is 11.2. The van der Waals surface area contributed by atoms with Crippen molar-refractivity contribution in [3.05, 3.63) is 65.7 Å². The third-order valence-electron chi connectivity index (χ3n) is 5.39. The predicted octanol–water partition coefficient (Wildman–Crippen LogP) is 4.98. The van der Waals surface area contributed by atoms with E-state index in [0.717, 1.165) is 30.7 Å². The fourth-order valence-corrected chi connectivity index (χ4v) is 3.81. The highest BCUT2D eigenvalue weighted by Gasteiger charge is 2.27. The van der Waals surface area contributed by atoms with E-state index in [1.54, 1.807) is 11.9 Å². The van der Waals surface area contributed by atoms with Crippen molar-refractivity contribution in [2.24, 2.45) is 5.92 Å².